The lowest BCUT2D eigenvalue weighted by Crippen LogP contribution is -2.23. The topological polar surface area (TPSA) is 72.5 Å². The zero-order valence-corrected chi connectivity index (χ0v) is 14.8. The van der Waals surface area contributed by atoms with Gasteiger partial charge in [-0.2, -0.15) is 0 Å². The average Bonchev–Trinajstić information content (AvgIpc) is 2.59. The monoisotopic (exact) mass is 347 g/mol. The van der Waals surface area contributed by atoms with Crippen LogP contribution in [0.25, 0.3) is 0 Å². The third kappa shape index (κ3) is 4.21. The largest absolute Gasteiger partial charge is 0.496 e. The van der Waals surface area contributed by atoms with Crippen LogP contribution in [0.1, 0.15) is 35.3 Å². The van der Waals surface area contributed by atoms with E-state index < -0.39 is 10.0 Å². The van der Waals surface area contributed by atoms with E-state index in [0.29, 0.717) is 11.3 Å². The predicted octanol–water partition coefficient (Wildman–Crippen LogP) is 2.94. The van der Waals surface area contributed by atoms with Gasteiger partial charge in [-0.25, -0.2) is 13.1 Å². The van der Waals surface area contributed by atoms with Gasteiger partial charge in [0.05, 0.1) is 12.0 Å². The minimum Gasteiger partial charge on any atom is -0.496 e. The zero-order valence-electron chi connectivity index (χ0n) is 14.0. The summed E-state index contributed by atoms with van der Waals surface area (Å²) in [5, 5.41) is 0. The van der Waals surface area contributed by atoms with E-state index in [-0.39, 0.29) is 17.2 Å². The van der Waals surface area contributed by atoms with E-state index in [1.165, 1.54) is 31.2 Å². The van der Waals surface area contributed by atoms with Gasteiger partial charge in [-0.1, -0.05) is 31.2 Å². The smallest absolute Gasteiger partial charge is 0.240 e. The van der Waals surface area contributed by atoms with E-state index in [4.69, 9.17) is 4.74 Å². The Morgan fingerprint density at radius 1 is 1.12 bits per heavy atom. The molecule has 0 saturated carbocycles. The van der Waals surface area contributed by atoms with Gasteiger partial charge in [0, 0.05) is 17.7 Å². The molecule has 0 aliphatic rings. The summed E-state index contributed by atoms with van der Waals surface area (Å²) < 4.78 is 32.7. The van der Waals surface area contributed by atoms with Gasteiger partial charge in [-0.05, 0) is 37.1 Å². The molecule has 1 N–H and O–H groups in total. The van der Waals surface area contributed by atoms with Crippen LogP contribution < -0.4 is 9.46 Å². The Morgan fingerprint density at radius 3 is 2.33 bits per heavy atom. The first-order valence-corrected chi connectivity index (χ1v) is 9.12. The quantitative estimate of drug-likeness (QED) is 0.782. The molecule has 0 unspecified atom stereocenters. The highest BCUT2D eigenvalue weighted by atomic mass is 32.2. The molecule has 2 aromatic carbocycles. The molecule has 128 valence electrons. The first-order valence-electron chi connectivity index (χ1n) is 7.64. The van der Waals surface area contributed by atoms with Gasteiger partial charge < -0.3 is 4.74 Å². The number of benzene rings is 2. The SMILES string of the molecule is CCc1ccc(OC)c(CNS(=O)(=O)c2ccc(C(C)=O)cc2)c1. The standard InChI is InChI=1S/C18H21NO4S/c1-4-14-5-10-18(23-3)16(11-14)12-19-24(21,22)17-8-6-15(7-9-17)13(2)20/h5-11,19H,4,12H2,1-3H3. The van der Waals surface area contributed by atoms with Crippen LogP contribution in [0.4, 0.5) is 0 Å². The fourth-order valence-corrected chi connectivity index (χ4v) is 3.32. The van der Waals surface area contributed by atoms with E-state index >= 15 is 0 Å². The molecule has 2 rings (SSSR count). The molecular formula is C18H21NO4S. The number of hydrogen-bond donors (Lipinski definition) is 1. The first kappa shape index (κ1) is 18.2. The molecule has 6 heteroatoms. The van der Waals surface area contributed by atoms with Crippen molar-refractivity contribution >= 4 is 15.8 Å². The maximum atomic E-state index is 12.4. The van der Waals surface area contributed by atoms with Crippen LogP contribution in [0.15, 0.2) is 47.4 Å². The summed E-state index contributed by atoms with van der Waals surface area (Å²) in [6.07, 6.45) is 0.857. The first-order chi connectivity index (χ1) is 11.4. The predicted molar refractivity (Wildman–Crippen MR) is 92.8 cm³/mol. The number of aryl methyl sites for hydroxylation is 1. The van der Waals surface area contributed by atoms with Crippen LogP contribution in [-0.4, -0.2) is 21.3 Å². The molecular weight excluding hydrogens is 326 g/mol. The number of carbonyl (C=O) groups is 1. The molecule has 0 saturated heterocycles. The zero-order chi connectivity index (χ0) is 17.7. The lowest BCUT2D eigenvalue weighted by Gasteiger charge is -2.12. The van der Waals surface area contributed by atoms with Gasteiger partial charge in [0.25, 0.3) is 0 Å². The highest BCUT2D eigenvalue weighted by Gasteiger charge is 2.15. The Balaban J connectivity index is 2.19. The van der Waals surface area contributed by atoms with Crippen molar-refractivity contribution in [3.8, 4) is 5.75 Å². The summed E-state index contributed by atoms with van der Waals surface area (Å²) in [6, 6.07) is 11.6. The Hall–Kier alpha value is -2.18. The van der Waals surface area contributed by atoms with Gasteiger partial charge in [-0.3, -0.25) is 4.79 Å². The number of methoxy groups -OCH3 is 1. The number of hydrogen-bond acceptors (Lipinski definition) is 4. The molecule has 5 nitrogen and oxygen atoms in total. The van der Waals surface area contributed by atoms with Gasteiger partial charge in [0.15, 0.2) is 5.78 Å². The van der Waals surface area contributed by atoms with E-state index in [1.807, 2.05) is 25.1 Å². The highest BCUT2D eigenvalue weighted by Crippen LogP contribution is 2.21. The third-order valence-corrected chi connectivity index (χ3v) is 5.19. The van der Waals surface area contributed by atoms with Crippen LogP contribution in [0.2, 0.25) is 0 Å². The van der Waals surface area contributed by atoms with Crippen molar-refractivity contribution in [3.05, 3.63) is 59.2 Å². The summed E-state index contributed by atoms with van der Waals surface area (Å²) >= 11 is 0. The van der Waals surface area contributed by atoms with E-state index in [0.717, 1.165) is 17.5 Å². The average molecular weight is 347 g/mol. The number of ether oxygens (including phenoxy) is 1. The number of carbonyl (C=O) groups excluding carboxylic acids is 1. The second-order valence-electron chi connectivity index (χ2n) is 5.40. The van der Waals surface area contributed by atoms with Crippen molar-refractivity contribution in [1.29, 1.82) is 0 Å². The van der Waals surface area contributed by atoms with Crippen molar-refractivity contribution in [1.82, 2.24) is 4.72 Å². The summed E-state index contributed by atoms with van der Waals surface area (Å²) in [6.45, 7) is 3.61. The summed E-state index contributed by atoms with van der Waals surface area (Å²) in [5.41, 5.74) is 2.36. The van der Waals surface area contributed by atoms with E-state index in [1.54, 1.807) is 7.11 Å². The minimum atomic E-state index is -3.66. The second-order valence-corrected chi connectivity index (χ2v) is 7.17. The molecule has 0 aromatic heterocycles. The van der Waals surface area contributed by atoms with Crippen molar-refractivity contribution in [3.63, 3.8) is 0 Å². The van der Waals surface area contributed by atoms with Gasteiger partial charge in [-0.15, -0.1) is 0 Å². The fourth-order valence-electron chi connectivity index (χ4n) is 2.31. The summed E-state index contributed by atoms with van der Waals surface area (Å²) in [5.74, 6) is 0.537. The fraction of sp³-hybridized carbons (Fsp3) is 0.278. The van der Waals surface area contributed by atoms with Gasteiger partial charge in [0.1, 0.15) is 5.75 Å². The van der Waals surface area contributed by atoms with Crippen LogP contribution >= 0.6 is 0 Å². The number of Topliss-reactive ketones (excluding diaryl/α,β-unsaturated/α-hetero) is 1. The maximum absolute atomic E-state index is 12.4. The summed E-state index contributed by atoms with van der Waals surface area (Å²) in [7, 11) is -2.11. The Bertz CT molecular complexity index is 827. The molecule has 0 heterocycles. The molecule has 0 aliphatic heterocycles. The molecule has 2 aromatic rings. The van der Waals surface area contributed by atoms with Crippen LogP contribution in [-0.2, 0) is 23.0 Å². The van der Waals surface area contributed by atoms with Crippen molar-refractivity contribution in [2.24, 2.45) is 0 Å². The van der Waals surface area contributed by atoms with E-state index in [2.05, 4.69) is 4.72 Å². The van der Waals surface area contributed by atoms with Crippen LogP contribution in [0, 0.1) is 0 Å². The number of sulfonamides is 1. The third-order valence-electron chi connectivity index (χ3n) is 3.78. The number of nitrogens with one attached hydrogen (secondary N) is 1. The Kier molecular flexibility index (Phi) is 5.75. The van der Waals surface area contributed by atoms with Crippen LogP contribution in [0.3, 0.4) is 0 Å². The van der Waals surface area contributed by atoms with Gasteiger partial charge in [0.2, 0.25) is 10.0 Å². The molecule has 0 amide bonds. The molecule has 0 bridgehead atoms. The highest BCUT2D eigenvalue weighted by molar-refractivity contribution is 7.89. The van der Waals surface area contributed by atoms with Gasteiger partial charge >= 0.3 is 0 Å². The lowest BCUT2D eigenvalue weighted by molar-refractivity contribution is 0.101. The number of rotatable bonds is 7. The molecule has 24 heavy (non-hydrogen) atoms. The Labute approximate surface area is 142 Å². The van der Waals surface area contributed by atoms with E-state index in [9.17, 15) is 13.2 Å². The van der Waals surface area contributed by atoms with Crippen molar-refractivity contribution in [2.75, 3.05) is 7.11 Å². The van der Waals surface area contributed by atoms with Crippen LogP contribution in [0.5, 0.6) is 5.75 Å². The molecule has 0 atom stereocenters. The molecule has 0 spiro atoms. The molecule has 0 aliphatic carbocycles. The normalized spacial score (nSPS) is 11.3. The molecule has 0 fully saturated rings. The lowest BCUT2D eigenvalue weighted by atomic mass is 10.1. The second kappa shape index (κ2) is 7.59. The van der Waals surface area contributed by atoms with Crippen molar-refractivity contribution < 1.29 is 17.9 Å². The summed E-state index contributed by atoms with van der Waals surface area (Å²) in [4.78, 5) is 11.4. The molecule has 0 radical (unpaired) electrons. The minimum absolute atomic E-state index is 0.104. The van der Waals surface area contributed by atoms with Crippen molar-refractivity contribution in [2.45, 2.75) is 31.7 Å². The number of ketones is 1. The maximum Gasteiger partial charge on any atom is 0.240 e. The Morgan fingerprint density at radius 2 is 1.79 bits per heavy atom.